The molecule has 0 aromatic carbocycles. The second kappa shape index (κ2) is 8.86. The van der Waals surface area contributed by atoms with E-state index in [-0.39, 0.29) is 24.3 Å². The maximum absolute atomic E-state index is 13.1. The van der Waals surface area contributed by atoms with Crippen molar-refractivity contribution < 1.29 is 19.1 Å². The number of hydrogen-bond acceptors (Lipinski definition) is 8. The van der Waals surface area contributed by atoms with Crippen LogP contribution in [-0.4, -0.2) is 57.4 Å². The van der Waals surface area contributed by atoms with Crippen molar-refractivity contribution in [1.29, 1.82) is 0 Å². The SMILES string of the molecule is Cc1cccc(C(=O)c2sc(NC(=O)CN3CCC(O)CC3)nc2-c2ccco2)n1. The van der Waals surface area contributed by atoms with E-state index in [2.05, 4.69) is 15.3 Å². The third kappa shape index (κ3) is 4.64. The van der Waals surface area contributed by atoms with Gasteiger partial charge in [0.05, 0.1) is 18.9 Å². The number of amides is 1. The number of thiazole rings is 1. The first kappa shape index (κ1) is 20.4. The Labute approximate surface area is 177 Å². The van der Waals surface area contributed by atoms with Gasteiger partial charge >= 0.3 is 0 Å². The minimum absolute atomic E-state index is 0.209. The highest BCUT2D eigenvalue weighted by atomic mass is 32.1. The summed E-state index contributed by atoms with van der Waals surface area (Å²) < 4.78 is 5.45. The van der Waals surface area contributed by atoms with Crippen LogP contribution in [0, 0.1) is 6.92 Å². The third-order valence-corrected chi connectivity index (χ3v) is 5.85. The van der Waals surface area contributed by atoms with Crippen LogP contribution in [0.15, 0.2) is 41.0 Å². The van der Waals surface area contributed by atoms with Gasteiger partial charge in [-0.3, -0.25) is 14.5 Å². The van der Waals surface area contributed by atoms with Crippen LogP contribution >= 0.6 is 11.3 Å². The van der Waals surface area contributed by atoms with Crippen LogP contribution in [0.2, 0.25) is 0 Å². The average Bonchev–Trinajstić information content (AvgIpc) is 3.39. The van der Waals surface area contributed by atoms with Crippen molar-refractivity contribution in [2.45, 2.75) is 25.9 Å². The lowest BCUT2D eigenvalue weighted by atomic mass is 10.1. The maximum Gasteiger partial charge on any atom is 0.240 e. The lowest BCUT2D eigenvalue weighted by Crippen LogP contribution is -2.40. The number of nitrogens with zero attached hydrogens (tertiary/aromatic N) is 3. The van der Waals surface area contributed by atoms with E-state index in [0.29, 0.717) is 53.1 Å². The first-order valence-corrected chi connectivity index (χ1v) is 10.5. The number of aryl methyl sites for hydroxylation is 1. The Morgan fingerprint density at radius 1 is 1.23 bits per heavy atom. The zero-order valence-electron chi connectivity index (χ0n) is 16.5. The molecule has 0 atom stereocenters. The highest BCUT2D eigenvalue weighted by molar-refractivity contribution is 7.18. The standard InChI is InChI=1S/C21H22N4O4S/c1-13-4-2-5-15(22-13)19(28)20-18(16-6-3-11-29-16)24-21(30-20)23-17(27)12-25-9-7-14(26)8-10-25/h2-6,11,14,26H,7-10,12H2,1H3,(H,23,24,27). The molecule has 2 N–H and O–H groups in total. The Balaban J connectivity index is 1.55. The number of carbonyl (C=O) groups is 2. The molecule has 1 aliphatic rings. The van der Waals surface area contributed by atoms with E-state index in [4.69, 9.17) is 4.42 Å². The number of carbonyl (C=O) groups excluding carboxylic acids is 2. The highest BCUT2D eigenvalue weighted by Gasteiger charge is 2.25. The monoisotopic (exact) mass is 426 g/mol. The Hall–Kier alpha value is -2.88. The number of rotatable bonds is 6. The number of anilines is 1. The van der Waals surface area contributed by atoms with E-state index in [1.165, 1.54) is 6.26 Å². The van der Waals surface area contributed by atoms with Crippen molar-refractivity contribution in [3.63, 3.8) is 0 Å². The van der Waals surface area contributed by atoms with Crippen molar-refractivity contribution >= 4 is 28.2 Å². The molecular formula is C21H22N4O4S. The van der Waals surface area contributed by atoms with Crippen LogP contribution in [0.1, 0.15) is 33.9 Å². The van der Waals surface area contributed by atoms with Crippen molar-refractivity contribution in [3.8, 4) is 11.5 Å². The molecule has 30 heavy (non-hydrogen) atoms. The van der Waals surface area contributed by atoms with Crippen LogP contribution in [0.3, 0.4) is 0 Å². The summed E-state index contributed by atoms with van der Waals surface area (Å²) in [4.78, 5) is 36.7. The molecule has 0 bridgehead atoms. The number of aromatic nitrogens is 2. The highest BCUT2D eigenvalue weighted by Crippen LogP contribution is 2.33. The van der Waals surface area contributed by atoms with Crippen molar-refractivity contribution in [2.75, 3.05) is 25.0 Å². The van der Waals surface area contributed by atoms with Crippen LogP contribution in [0.5, 0.6) is 0 Å². The van der Waals surface area contributed by atoms with E-state index >= 15 is 0 Å². The molecule has 0 saturated carbocycles. The molecule has 3 aromatic rings. The summed E-state index contributed by atoms with van der Waals surface area (Å²) in [5.74, 6) is -0.0281. The van der Waals surface area contributed by atoms with E-state index in [1.807, 2.05) is 17.9 Å². The van der Waals surface area contributed by atoms with Gasteiger partial charge in [-0.25, -0.2) is 9.97 Å². The second-order valence-corrected chi connectivity index (χ2v) is 8.22. The van der Waals surface area contributed by atoms with E-state index in [9.17, 15) is 14.7 Å². The summed E-state index contributed by atoms with van der Waals surface area (Å²) in [6.07, 6.45) is 2.55. The molecule has 9 heteroatoms. The molecule has 8 nitrogen and oxygen atoms in total. The van der Waals surface area contributed by atoms with Crippen LogP contribution in [0.25, 0.3) is 11.5 Å². The zero-order chi connectivity index (χ0) is 21.1. The van der Waals surface area contributed by atoms with E-state index in [1.54, 1.807) is 24.3 Å². The number of ketones is 1. The predicted octanol–water partition coefficient (Wildman–Crippen LogP) is 2.73. The third-order valence-electron chi connectivity index (χ3n) is 4.88. The quantitative estimate of drug-likeness (QED) is 0.584. The Bertz CT molecular complexity index is 1040. The number of aliphatic hydroxyl groups excluding tert-OH is 1. The van der Waals surface area contributed by atoms with Crippen molar-refractivity contribution in [2.24, 2.45) is 0 Å². The molecule has 0 aliphatic carbocycles. The fourth-order valence-electron chi connectivity index (χ4n) is 3.33. The number of likely N-dealkylation sites (tertiary alicyclic amines) is 1. The van der Waals surface area contributed by atoms with Crippen molar-refractivity contribution in [1.82, 2.24) is 14.9 Å². The van der Waals surface area contributed by atoms with Gasteiger partial charge in [0.15, 0.2) is 10.9 Å². The maximum atomic E-state index is 13.1. The summed E-state index contributed by atoms with van der Waals surface area (Å²) in [7, 11) is 0. The van der Waals surface area contributed by atoms with Gasteiger partial charge in [-0.15, -0.1) is 0 Å². The number of hydrogen-bond donors (Lipinski definition) is 2. The number of pyridine rings is 1. The predicted molar refractivity (Wildman–Crippen MR) is 113 cm³/mol. The summed E-state index contributed by atoms with van der Waals surface area (Å²) in [5.41, 5.74) is 1.44. The number of nitrogens with one attached hydrogen (secondary N) is 1. The Morgan fingerprint density at radius 2 is 2.03 bits per heavy atom. The minimum Gasteiger partial charge on any atom is -0.463 e. The molecule has 0 unspecified atom stereocenters. The van der Waals surface area contributed by atoms with Gasteiger partial charge in [-0.1, -0.05) is 17.4 Å². The first-order chi connectivity index (χ1) is 14.5. The minimum atomic E-state index is -0.289. The molecule has 4 rings (SSSR count). The summed E-state index contributed by atoms with van der Waals surface area (Å²) in [6.45, 7) is 3.38. The smallest absolute Gasteiger partial charge is 0.240 e. The molecule has 3 aromatic heterocycles. The van der Waals surface area contributed by atoms with Crippen molar-refractivity contribution in [3.05, 3.63) is 52.9 Å². The number of furan rings is 1. The lowest BCUT2D eigenvalue weighted by molar-refractivity contribution is -0.117. The Kier molecular flexibility index (Phi) is 6.03. The molecule has 0 spiro atoms. The van der Waals surface area contributed by atoms with Gasteiger partial charge in [0.1, 0.15) is 16.3 Å². The summed E-state index contributed by atoms with van der Waals surface area (Å²) in [5, 5.41) is 12.7. The average molecular weight is 426 g/mol. The Morgan fingerprint density at radius 3 is 2.73 bits per heavy atom. The first-order valence-electron chi connectivity index (χ1n) is 9.73. The summed E-state index contributed by atoms with van der Waals surface area (Å²) in [6, 6.07) is 8.70. The molecule has 1 amide bonds. The van der Waals surface area contributed by atoms with Gasteiger partial charge in [0.2, 0.25) is 11.7 Å². The van der Waals surface area contributed by atoms with E-state index < -0.39 is 0 Å². The fraction of sp³-hybridized carbons (Fsp3) is 0.333. The van der Waals surface area contributed by atoms with Crippen LogP contribution in [-0.2, 0) is 4.79 Å². The van der Waals surface area contributed by atoms with Gasteiger partial charge in [-0.05, 0) is 44.0 Å². The van der Waals surface area contributed by atoms with Gasteiger partial charge < -0.3 is 14.8 Å². The van der Waals surface area contributed by atoms with Crippen LogP contribution in [0.4, 0.5) is 5.13 Å². The normalized spacial score (nSPS) is 15.3. The van der Waals surface area contributed by atoms with E-state index in [0.717, 1.165) is 17.0 Å². The van der Waals surface area contributed by atoms with Gasteiger partial charge in [-0.2, -0.15) is 0 Å². The molecular weight excluding hydrogens is 404 g/mol. The van der Waals surface area contributed by atoms with Gasteiger partial charge in [0, 0.05) is 18.8 Å². The molecule has 1 aliphatic heterocycles. The zero-order valence-corrected chi connectivity index (χ0v) is 17.3. The summed E-state index contributed by atoms with van der Waals surface area (Å²) >= 11 is 1.11. The number of piperidine rings is 1. The van der Waals surface area contributed by atoms with Crippen LogP contribution < -0.4 is 5.32 Å². The van der Waals surface area contributed by atoms with Gasteiger partial charge in [0.25, 0.3) is 0 Å². The largest absolute Gasteiger partial charge is 0.463 e. The lowest BCUT2D eigenvalue weighted by Gasteiger charge is -2.28. The number of aliphatic hydroxyl groups is 1. The second-order valence-electron chi connectivity index (χ2n) is 7.22. The molecule has 1 saturated heterocycles. The molecule has 0 radical (unpaired) electrons. The topological polar surface area (TPSA) is 109 Å². The molecule has 156 valence electrons. The molecule has 1 fully saturated rings. The molecule has 4 heterocycles. The fourth-order valence-corrected chi connectivity index (χ4v) is 4.27.